The van der Waals surface area contributed by atoms with E-state index in [0.717, 1.165) is 31.2 Å². The van der Waals surface area contributed by atoms with E-state index >= 15 is 0 Å². The highest BCUT2D eigenvalue weighted by molar-refractivity contribution is 6.37. The van der Waals surface area contributed by atoms with E-state index in [2.05, 4.69) is 22.8 Å². The highest BCUT2D eigenvalue weighted by Crippen LogP contribution is 2.43. The van der Waals surface area contributed by atoms with Crippen molar-refractivity contribution in [3.8, 4) is 0 Å². The van der Waals surface area contributed by atoms with Crippen molar-refractivity contribution < 1.29 is 33.4 Å². The Morgan fingerprint density at radius 3 is 2.40 bits per heavy atom. The number of fused-ring (bicyclic) bond motifs is 3. The summed E-state index contributed by atoms with van der Waals surface area (Å²) in [6.07, 6.45) is 8.71. The number of allylic oxidation sites excluding steroid dienone is 2. The van der Waals surface area contributed by atoms with Gasteiger partial charge in [0.15, 0.2) is 0 Å². The number of primary amides is 1. The molecule has 43 heavy (non-hydrogen) atoms. The molecule has 0 aromatic heterocycles. The van der Waals surface area contributed by atoms with Gasteiger partial charge in [-0.1, -0.05) is 55.3 Å². The summed E-state index contributed by atoms with van der Waals surface area (Å²) in [5, 5.41) is 5.49. The van der Waals surface area contributed by atoms with Crippen LogP contribution in [-0.2, 0) is 35.3 Å². The van der Waals surface area contributed by atoms with Crippen molar-refractivity contribution in [1.29, 1.82) is 0 Å². The fourth-order valence-corrected chi connectivity index (χ4v) is 6.35. The molecule has 1 aromatic carbocycles. The minimum absolute atomic E-state index is 0.0511. The van der Waals surface area contributed by atoms with Crippen molar-refractivity contribution >= 4 is 29.6 Å². The van der Waals surface area contributed by atoms with Gasteiger partial charge in [-0.2, -0.15) is 0 Å². The first-order valence-corrected chi connectivity index (χ1v) is 15.3. The number of Topliss-reactive ketones (excluding diaryl/α,β-unsaturated/α-hetero) is 1. The maximum atomic E-state index is 14.1. The summed E-state index contributed by atoms with van der Waals surface area (Å²) >= 11 is 0. The summed E-state index contributed by atoms with van der Waals surface area (Å²) < 4.78 is 11.6. The highest BCUT2D eigenvalue weighted by atomic mass is 16.5. The van der Waals surface area contributed by atoms with E-state index in [1.807, 2.05) is 44.2 Å². The van der Waals surface area contributed by atoms with E-state index in [1.54, 1.807) is 0 Å². The number of ketones is 1. The maximum absolute atomic E-state index is 14.1. The summed E-state index contributed by atoms with van der Waals surface area (Å²) in [4.78, 5) is 66.8. The lowest BCUT2D eigenvalue weighted by Crippen LogP contribution is -2.57. The van der Waals surface area contributed by atoms with Gasteiger partial charge in [-0.05, 0) is 64.4 Å². The van der Waals surface area contributed by atoms with E-state index in [0.29, 0.717) is 25.7 Å². The summed E-state index contributed by atoms with van der Waals surface area (Å²) in [5.41, 5.74) is 5.64. The molecule has 0 bridgehead atoms. The first-order valence-electron chi connectivity index (χ1n) is 15.3. The zero-order valence-electron chi connectivity index (χ0n) is 25.1. The van der Waals surface area contributed by atoms with Crippen molar-refractivity contribution in [1.82, 2.24) is 15.5 Å². The van der Waals surface area contributed by atoms with Crippen LogP contribution in [0.1, 0.15) is 77.2 Å². The normalized spacial score (nSPS) is 28.2. The Morgan fingerprint density at radius 1 is 1.05 bits per heavy atom. The average Bonchev–Trinajstić information content (AvgIpc) is 3.46. The maximum Gasteiger partial charge on any atom is 0.408 e. The lowest BCUT2D eigenvalue weighted by molar-refractivity contribution is -0.143. The van der Waals surface area contributed by atoms with Crippen molar-refractivity contribution in [2.24, 2.45) is 11.7 Å². The second kappa shape index (κ2) is 14.6. The summed E-state index contributed by atoms with van der Waals surface area (Å²) in [5.74, 6) is -3.24. The van der Waals surface area contributed by atoms with Gasteiger partial charge in [-0.25, -0.2) is 4.79 Å². The smallest absolute Gasteiger partial charge is 0.408 e. The molecule has 5 atom stereocenters. The molecule has 0 aliphatic carbocycles. The second-order valence-electron chi connectivity index (χ2n) is 12.3. The number of rotatable bonds is 5. The molecular weight excluding hydrogens is 552 g/mol. The molecule has 3 aliphatic rings. The van der Waals surface area contributed by atoms with Crippen LogP contribution in [0.3, 0.4) is 0 Å². The van der Waals surface area contributed by atoms with Crippen LogP contribution < -0.4 is 16.4 Å². The van der Waals surface area contributed by atoms with Crippen LogP contribution in [0.25, 0.3) is 0 Å². The molecule has 4 amide bonds. The number of hydrogen-bond donors (Lipinski definition) is 3. The fraction of sp³-hybridized carbons (Fsp3) is 0.594. The van der Waals surface area contributed by atoms with Crippen molar-refractivity contribution in [3.05, 3.63) is 48.0 Å². The first kappa shape index (κ1) is 32.2. The lowest BCUT2D eigenvalue weighted by atomic mass is 9.89. The monoisotopic (exact) mass is 596 g/mol. The van der Waals surface area contributed by atoms with Crippen LogP contribution >= 0.6 is 0 Å². The first-order chi connectivity index (χ1) is 20.6. The lowest BCUT2D eigenvalue weighted by Gasteiger charge is -2.32. The summed E-state index contributed by atoms with van der Waals surface area (Å²) in [6, 6.07) is 6.29. The van der Waals surface area contributed by atoms with Crippen molar-refractivity contribution in [3.63, 3.8) is 0 Å². The SMILES string of the molecule is CC1(C)C[C@H]2C(CN3C(=O)[C@@H](NC(=O)OCc4ccccc4)CCCCC=CCCCC[C@@H](C(=O)C(N)=O)NC(=O)[C@H]23)O1. The standard InChI is InChI=1S/C32H44N4O7/c1-32(2)18-22-25(43-32)19-36-26(22)29(39)34-23(27(37)28(33)38)16-12-7-5-3-4-6-8-13-17-24(30(36)40)35-31(41)42-20-21-14-10-9-11-15-21/h3-4,9-11,14-15,22-26H,5-8,12-13,16-20H2,1-2H3,(H2,33,38)(H,34,39)(H,35,41)/t22-,23-,24-,25?,26-/m0/s1. The third-order valence-electron chi connectivity index (χ3n) is 8.42. The molecule has 4 rings (SSSR count). The number of amides is 4. The van der Waals surface area contributed by atoms with Gasteiger partial charge in [0.25, 0.3) is 5.91 Å². The van der Waals surface area contributed by atoms with Gasteiger partial charge in [-0.3, -0.25) is 19.2 Å². The molecule has 0 spiro atoms. The second-order valence-corrected chi connectivity index (χ2v) is 12.3. The molecule has 2 fully saturated rings. The van der Waals surface area contributed by atoms with Crippen molar-refractivity contribution in [2.75, 3.05) is 6.54 Å². The van der Waals surface area contributed by atoms with Crippen LogP contribution in [0.15, 0.2) is 42.5 Å². The number of benzene rings is 1. The molecule has 0 radical (unpaired) electrons. The molecule has 0 saturated carbocycles. The van der Waals surface area contributed by atoms with E-state index in [-0.39, 0.29) is 31.6 Å². The quantitative estimate of drug-likeness (QED) is 0.348. The van der Waals surface area contributed by atoms with E-state index in [4.69, 9.17) is 15.2 Å². The Balaban J connectivity index is 1.58. The third-order valence-corrected chi connectivity index (χ3v) is 8.42. The van der Waals surface area contributed by atoms with Crippen LogP contribution in [0.5, 0.6) is 0 Å². The number of nitrogens with one attached hydrogen (secondary N) is 2. The Morgan fingerprint density at radius 2 is 1.72 bits per heavy atom. The number of nitrogens with two attached hydrogens (primary N) is 1. The van der Waals surface area contributed by atoms with Gasteiger partial charge in [-0.15, -0.1) is 0 Å². The van der Waals surface area contributed by atoms with Gasteiger partial charge >= 0.3 is 6.09 Å². The number of ether oxygens (including phenoxy) is 2. The number of alkyl carbamates (subject to hydrolysis) is 1. The van der Waals surface area contributed by atoms with Gasteiger partial charge in [0.1, 0.15) is 18.7 Å². The Bertz CT molecular complexity index is 1200. The van der Waals surface area contributed by atoms with Gasteiger partial charge in [0.2, 0.25) is 17.6 Å². The molecule has 4 N–H and O–H groups in total. The number of carbonyl (C=O) groups is 5. The minimum Gasteiger partial charge on any atom is -0.445 e. The Hall–Kier alpha value is -3.73. The Labute approximate surface area is 252 Å². The number of hydrogen-bond acceptors (Lipinski definition) is 7. The van der Waals surface area contributed by atoms with Crippen LogP contribution in [0, 0.1) is 5.92 Å². The molecule has 1 unspecified atom stereocenters. The van der Waals surface area contributed by atoms with Gasteiger partial charge in [0, 0.05) is 12.5 Å². The number of nitrogens with zero attached hydrogens (tertiary/aromatic N) is 1. The van der Waals surface area contributed by atoms with Crippen LogP contribution in [0.2, 0.25) is 0 Å². The molecule has 3 aliphatic heterocycles. The highest BCUT2D eigenvalue weighted by Gasteiger charge is 2.56. The molecular formula is C32H44N4O7. The third kappa shape index (κ3) is 8.65. The summed E-state index contributed by atoms with van der Waals surface area (Å²) in [7, 11) is 0. The van der Waals surface area contributed by atoms with E-state index in [9.17, 15) is 24.0 Å². The zero-order valence-corrected chi connectivity index (χ0v) is 25.1. The molecule has 1 aromatic rings. The number of carbonyl (C=O) groups excluding carboxylic acids is 5. The molecule has 11 heteroatoms. The van der Waals surface area contributed by atoms with Crippen molar-refractivity contribution in [2.45, 2.75) is 108 Å². The minimum atomic E-state index is -1.11. The topological polar surface area (TPSA) is 157 Å². The zero-order chi connectivity index (χ0) is 31.0. The fourth-order valence-electron chi connectivity index (χ4n) is 6.35. The average molecular weight is 597 g/mol. The Kier molecular flexibility index (Phi) is 11.0. The van der Waals surface area contributed by atoms with Crippen LogP contribution in [-0.4, -0.2) is 70.9 Å². The largest absolute Gasteiger partial charge is 0.445 e. The molecule has 2 saturated heterocycles. The van der Waals surface area contributed by atoms with E-state index < -0.39 is 53.3 Å². The van der Waals surface area contributed by atoms with Gasteiger partial charge < -0.3 is 30.7 Å². The van der Waals surface area contributed by atoms with E-state index in [1.165, 1.54) is 4.90 Å². The van der Waals surface area contributed by atoms with Gasteiger partial charge in [0.05, 0.1) is 17.7 Å². The molecule has 234 valence electrons. The summed E-state index contributed by atoms with van der Waals surface area (Å²) in [6.45, 7) is 4.10. The predicted molar refractivity (Wildman–Crippen MR) is 158 cm³/mol. The molecule has 11 nitrogen and oxygen atoms in total. The predicted octanol–water partition coefficient (Wildman–Crippen LogP) is 2.91. The van der Waals surface area contributed by atoms with Crippen LogP contribution in [0.4, 0.5) is 4.79 Å². The molecule has 3 heterocycles.